The Morgan fingerprint density at radius 3 is 2.65 bits per heavy atom. The number of halogens is 1. The summed E-state index contributed by atoms with van der Waals surface area (Å²) >= 11 is 3.49. The summed E-state index contributed by atoms with van der Waals surface area (Å²) in [4.78, 5) is 13.7. The topological polar surface area (TPSA) is 148 Å². The van der Waals surface area contributed by atoms with E-state index < -0.39 is 15.4 Å². The van der Waals surface area contributed by atoms with Crippen LogP contribution in [0, 0.1) is 3.57 Å². The largest absolute Gasteiger partial charge is 0.486 e. The van der Waals surface area contributed by atoms with Gasteiger partial charge in [0.05, 0.1) is 0 Å². The third-order valence-electron chi connectivity index (χ3n) is 4.74. The maximum absolute atomic E-state index is 12.5. The molecular formula is C18H21IN6O4S2. The zero-order valence-electron chi connectivity index (χ0n) is 16.6. The van der Waals surface area contributed by atoms with Gasteiger partial charge in [-0.2, -0.15) is 0 Å². The Hall–Kier alpha value is -1.84. The molecule has 1 atom stereocenters. The third kappa shape index (κ3) is 4.54. The number of aromatic nitrogens is 4. The molecule has 166 valence electrons. The highest BCUT2D eigenvalue weighted by Gasteiger charge is 2.30. The van der Waals surface area contributed by atoms with E-state index in [1.54, 1.807) is 4.57 Å². The molecule has 2 aromatic heterocycles. The fourth-order valence-corrected chi connectivity index (χ4v) is 6.07. The van der Waals surface area contributed by atoms with Crippen molar-refractivity contribution >= 4 is 61.4 Å². The summed E-state index contributed by atoms with van der Waals surface area (Å²) in [5.74, 6) is 1.48. The highest BCUT2D eigenvalue weighted by Crippen LogP contribution is 2.42. The Kier molecular flexibility index (Phi) is 6.46. The molecule has 13 heteroatoms. The highest BCUT2D eigenvalue weighted by atomic mass is 127. The summed E-state index contributed by atoms with van der Waals surface area (Å²) in [5.41, 5.74) is 6.67. The Balaban J connectivity index is 1.86. The quantitative estimate of drug-likeness (QED) is 0.405. The molecule has 31 heavy (non-hydrogen) atoms. The molecule has 3 aromatic rings. The van der Waals surface area contributed by atoms with Crippen LogP contribution in [0.1, 0.15) is 31.6 Å². The van der Waals surface area contributed by atoms with Gasteiger partial charge in [-0.15, -0.1) is 0 Å². The maximum Gasteiger partial charge on any atom is 0.230 e. The van der Waals surface area contributed by atoms with Gasteiger partial charge in [0.2, 0.25) is 10.0 Å². The lowest BCUT2D eigenvalue weighted by molar-refractivity contribution is 0.171. The van der Waals surface area contributed by atoms with Crippen molar-refractivity contribution in [1.82, 2.24) is 19.5 Å². The summed E-state index contributed by atoms with van der Waals surface area (Å²) in [6, 6.07) is 3.74. The lowest BCUT2D eigenvalue weighted by atomic mass is 10.2. The number of primary sulfonamides is 1. The number of hydrogen-bond acceptors (Lipinski definition) is 9. The summed E-state index contributed by atoms with van der Waals surface area (Å²) < 4.78 is 38.9. The first-order valence-corrected chi connectivity index (χ1v) is 13.1. The van der Waals surface area contributed by atoms with E-state index in [-0.39, 0.29) is 5.82 Å². The number of unbranched alkanes of at least 4 members (excludes halogenated alkanes) is 1. The third-order valence-corrected chi connectivity index (χ3v) is 8.23. The number of nitrogen functional groups attached to an aromatic ring is 1. The average Bonchev–Trinajstić information content (AvgIpc) is 3.07. The summed E-state index contributed by atoms with van der Waals surface area (Å²) in [5, 5.41) is 5.01. The van der Waals surface area contributed by atoms with Crippen molar-refractivity contribution in [3.05, 3.63) is 22.0 Å². The number of fused-ring (bicyclic) bond motifs is 2. The van der Waals surface area contributed by atoms with E-state index in [2.05, 4.69) is 37.5 Å². The summed E-state index contributed by atoms with van der Waals surface area (Å²) in [7, 11) is -3.94. The Morgan fingerprint density at radius 2 is 1.97 bits per heavy atom. The minimum Gasteiger partial charge on any atom is -0.486 e. The number of nitrogens with two attached hydrogens (primary N) is 2. The van der Waals surface area contributed by atoms with Gasteiger partial charge in [0, 0.05) is 8.47 Å². The first kappa shape index (κ1) is 22.4. The summed E-state index contributed by atoms with van der Waals surface area (Å²) in [6.07, 6.45) is 3.11. The lowest BCUT2D eigenvalue weighted by Gasteiger charge is -2.21. The number of benzene rings is 1. The molecule has 1 unspecified atom stereocenters. The maximum atomic E-state index is 12.5. The molecule has 4 N–H and O–H groups in total. The van der Waals surface area contributed by atoms with Crippen molar-refractivity contribution in [3.63, 3.8) is 0 Å². The molecule has 3 heterocycles. The first-order chi connectivity index (χ1) is 14.8. The predicted molar refractivity (Wildman–Crippen MR) is 126 cm³/mol. The SMILES string of the molecule is CCCCC(n1c(Sc2cc3c(cc2I)OCCO3)nc2c(N)ncnc21)S(N)(=O)=O. The number of nitrogens with zero attached hydrogens (tertiary/aromatic N) is 4. The van der Waals surface area contributed by atoms with Crippen LogP contribution in [0.15, 0.2) is 28.5 Å². The summed E-state index contributed by atoms with van der Waals surface area (Å²) in [6.45, 7) is 2.95. The molecule has 0 spiro atoms. The molecule has 0 bridgehead atoms. The Bertz CT molecular complexity index is 1230. The number of imidazole rings is 1. The predicted octanol–water partition coefficient (Wildman–Crippen LogP) is 2.91. The van der Waals surface area contributed by atoms with E-state index in [0.29, 0.717) is 53.9 Å². The smallest absolute Gasteiger partial charge is 0.230 e. The van der Waals surface area contributed by atoms with Crippen LogP contribution in [0.3, 0.4) is 0 Å². The van der Waals surface area contributed by atoms with Crippen molar-refractivity contribution < 1.29 is 17.9 Å². The number of anilines is 1. The molecule has 0 saturated heterocycles. The molecule has 1 aliphatic rings. The van der Waals surface area contributed by atoms with Gasteiger partial charge in [-0.1, -0.05) is 31.5 Å². The van der Waals surface area contributed by atoms with E-state index in [1.165, 1.54) is 18.1 Å². The molecular weight excluding hydrogens is 555 g/mol. The standard InChI is InChI=1S/C18H21IN6O4S2/c1-2-3-4-14(31(21,26)27)25-17-15(16(20)22-9-23-17)24-18(25)30-13-8-12-11(7-10(13)19)28-5-6-29-12/h7-9,14H,2-6H2,1H3,(H2,20,22,23)(H2,21,26,27). The first-order valence-electron chi connectivity index (χ1n) is 9.56. The molecule has 10 nitrogen and oxygen atoms in total. The average molecular weight is 576 g/mol. The second-order valence-corrected chi connectivity index (χ2v) is 10.8. The monoisotopic (exact) mass is 576 g/mol. The Morgan fingerprint density at radius 1 is 1.26 bits per heavy atom. The van der Waals surface area contributed by atoms with Crippen LogP contribution in [0.2, 0.25) is 0 Å². The zero-order valence-corrected chi connectivity index (χ0v) is 20.4. The number of rotatable bonds is 7. The lowest BCUT2D eigenvalue weighted by Crippen LogP contribution is -2.27. The van der Waals surface area contributed by atoms with Crippen molar-refractivity contribution in [2.24, 2.45) is 5.14 Å². The van der Waals surface area contributed by atoms with Crippen LogP contribution in [0.5, 0.6) is 11.5 Å². The van der Waals surface area contributed by atoms with Gasteiger partial charge < -0.3 is 15.2 Å². The van der Waals surface area contributed by atoms with Crippen molar-refractivity contribution in [3.8, 4) is 11.5 Å². The van der Waals surface area contributed by atoms with Gasteiger partial charge in [0.25, 0.3) is 0 Å². The van der Waals surface area contributed by atoms with Crippen LogP contribution in [-0.2, 0) is 10.0 Å². The van der Waals surface area contributed by atoms with Crippen LogP contribution in [-0.4, -0.2) is 41.2 Å². The molecule has 0 fully saturated rings. The van der Waals surface area contributed by atoms with E-state index in [1.807, 2.05) is 19.1 Å². The van der Waals surface area contributed by atoms with Crippen molar-refractivity contribution in [1.29, 1.82) is 0 Å². The van der Waals surface area contributed by atoms with E-state index in [4.69, 9.17) is 20.3 Å². The zero-order chi connectivity index (χ0) is 22.2. The fourth-order valence-electron chi connectivity index (χ4n) is 3.28. The van der Waals surface area contributed by atoms with Crippen LogP contribution >= 0.6 is 34.4 Å². The van der Waals surface area contributed by atoms with Gasteiger partial charge in [0.1, 0.15) is 19.5 Å². The second kappa shape index (κ2) is 8.96. The van der Waals surface area contributed by atoms with Crippen LogP contribution < -0.4 is 20.3 Å². The second-order valence-electron chi connectivity index (χ2n) is 6.91. The fraction of sp³-hybridized carbons (Fsp3) is 0.389. The molecule has 0 aliphatic carbocycles. The normalized spacial score (nSPS) is 14.7. The molecule has 0 radical (unpaired) electrons. The number of ether oxygens (including phenoxy) is 2. The van der Waals surface area contributed by atoms with E-state index in [0.717, 1.165) is 14.9 Å². The molecule has 4 rings (SSSR count). The van der Waals surface area contributed by atoms with Gasteiger partial charge in [-0.05, 0) is 41.1 Å². The molecule has 1 aromatic carbocycles. The van der Waals surface area contributed by atoms with Gasteiger partial charge in [-0.25, -0.2) is 28.5 Å². The van der Waals surface area contributed by atoms with Crippen molar-refractivity contribution in [2.45, 2.75) is 41.6 Å². The number of hydrogen-bond donors (Lipinski definition) is 2. The van der Waals surface area contributed by atoms with Gasteiger partial charge >= 0.3 is 0 Å². The van der Waals surface area contributed by atoms with Gasteiger partial charge in [0.15, 0.2) is 39.0 Å². The highest BCUT2D eigenvalue weighted by molar-refractivity contribution is 14.1. The molecule has 0 amide bonds. The minimum atomic E-state index is -3.94. The molecule has 1 aliphatic heterocycles. The van der Waals surface area contributed by atoms with E-state index in [9.17, 15) is 8.42 Å². The molecule has 0 saturated carbocycles. The van der Waals surface area contributed by atoms with Crippen LogP contribution in [0.25, 0.3) is 11.2 Å². The van der Waals surface area contributed by atoms with Crippen LogP contribution in [0.4, 0.5) is 5.82 Å². The van der Waals surface area contributed by atoms with E-state index >= 15 is 0 Å². The van der Waals surface area contributed by atoms with Gasteiger partial charge in [-0.3, -0.25) is 4.57 Å². The number of sulfonamides is 1. The minimum absolute atomic E-state index is 0.172. The Labute approximate surface area is 197 Å². The van der Waals surface area contributed by atoms with Crippen molar-refractivity contribution in [2.75, 3.05) is 18.9 Å².